The number of thiophene rings is 1. The summed E-state index contributed by atoms with van der Waals surface area (Å²) in [6.45, 7) is 14.6. The predicted molar refractivity (Wildman–Crippen MR) is 176 cm³/mol. The summed E-state index contributed by atoms with van der Waals surface area (Å²) in [5.41, 5.74) is 4.83. The Morgan fingerprint density at radius 1 is 0.955 bits per heavy atom. The van der Waals surface area contributed by atoms with E-state index in [-0.39, 0.29) is 6.04 Å². The summed E-state index contributed by atoms with van der Waals surface area (Å²) in [4.78, 5) is 34.9. The second-order valence-electron chi connectivity index (χ2n) is 14.8. The van der Waals surface area contributed by atoms with E-state index in [0.29, 0.717) is 55.4 Å². The number of rotatable bonds is 8. The molecule has 7 rings (SSSR count). The molecule has 3 atom stereocenters. The smallest absolute Gasteiger partial charge is 0.233 e. The Bertz CT molecular complexity index is 1360. The third-order valence-electron chi connectivity index (χ3n) is 11.2. The largest absolute Gasteiger partial charge is 0.378 e. The zero-order valence-electron chi connectivity index (χ0n) is 27.1. The summed E-state index contributed by atoms with van der Waals surface area (Å²) in [6, 6.07) is 10.5. The van der Waals surface area contributed by atoms with Gasteiger partial charge in [0.05, 0.1) is 29.7 Å². The van der Waals surface area contributed by atoms with Gasteiger partial charge >= 0.3 is 0 Å². The fraction of sp³-hybridized carbons (Fsp3) is 0.667. The maximum absolute atomic E-state index is 14.0. The number of anilines is 1. The van der Waals surface area contributed by atoms with Crippen LogP contribution < -0.4 is 5.32 Å². The van der Waals surface area contributed by atoms with Crippen LogP contribution in [0.5, 0.6) is 0 Å². The van der Waals surface area contributed by atoms with Gasteiger partial charge in [0.1, 0.15) is 0 Å². The van der Waals surface area contributed by atoms with Crippen molar-refractivity contribution in [1.29, 1.82) is 0 Å². The lowest BCUT2D eigenvalue weighted by Crippen LogP contribution is -2.45. The molecule has 1 aromatic heterocycles. The van der Waals surface area contributed by atoms with Crippen molar-refractivity contribution in [2.24, 2.45) is 5.92 Å². The van der Waals surface area contributed by atoms with Crippen LogP contribution in [-0.2, 0) is 19.7 Å². The first-order chi connectivity index (χ1) is 21.2. The van der Waals surface area contributed by atoms with Crippen molar-refractivity contribution >= 4 is 28.2 Å². The number of hydrogen-bond acceptors (Lipinski definition) is 6. The zero-order valence-corrected chi connectivity index (χ0v) is 27.9. The van der Waals surface area contributed by atoms with Gasteiger partial charge in [0, 0.05) is 48.9 Å². The number of fused-ring (bicyclic) bond motifs is 3. The number of morpholine rings is 1. The summed E-state index contributed by atoms with van der Waals surface area (Å²) in [7, 11) is 0. The van der Waals surface area contributed by atoms with Gasteiger partial charge in [-0.1, -0.05) is 29.3 Å². The van der Waals surface area contributed by atoms with Crippen LogP contribution in [0.15, 0.2) is 24.3 Å². The van der Waals surface area contributed by atoms with Crippen molar-refractivity contribution in [2.75, 3.05) is 51.3 Å². The molecule has 2 bridgehead atoms. The second kappa shape index (κ2) is 12.1. The second-order valence-corrected chi connectivity index (χ2v) is 15.8. The molecule has 2 amide bonds. The van der Waals surface area contributed by atoms with Crippen molar-refractivity contribution in [3.8, 4) is 0 Å². The lowest BCUT2D eigenvalue weighted by atomic mass is 9.84. The number of amides is 2. The fourth-order valence-electron chi connectivity index (χ4n) is 8.82. The van der Waals surface area contributed by atoms with E-state index in [1.807, 2.05) is 4.90 Å². The first kappa shape index (κ1) is 30.2. The molecule has 1 aromatic carbocycles. The molecule has 7 nitrogen and oxygen atoms in total. The highest BCUT2D eigenvalue weighted by Crippen LogP contribution is 2.53. The SMILES string of the molecule is Cc1cc(C)cc(C2Nc3sc(C(C)(C)C(=O)N4C5CCC4CC5)cc3C2CCN2CCC(CC(=O)N3CCOCC3)C2)c1. The molecule has 4 fully saturated rings. The van der Waals surface area contributed by atoms with Gasteiger partial charge < -0.3 is 24.8 Å². The summed E-state index contributed by atoms with van der Waals surface area (Å²) in [5.74, 6) is 1.40. The van der Waals surface area contributed by atoms with Crippen LogP contribution in [-0.4, -0.2) is 84.5 Å². The third kappa shape index (κ3) is 5.71. The van der Waals surface area contributed by atoms with Crippen molar-refractivity contribution in [3.05, 3.63) is 51.4 Å². The number of likely N-dealkylation sites (tertiary alicyclic amines) is 1. The fourth-order valence-corrected chi connectivity index (χ4v) is 10.1. The summed E-state index contributed by atoms with van der Waals surface area (Å²) < 4.78 is 5.44. The Morgan fingerprint density at radius 3 is 2.32 bits per heavy atom. The van der Waals surface area contributed by atoms with Crippen LogP contribution in [0.1, 0.15) is 97.9 Å². The topological polar surface area (TPSA) is 65.1 Å². The lowest BCUT2D eigenvalue weighted by molar-refractivity contribution is -0.137. The Labute approximate surface area is 267 Å². The van der Waals surface area contributed by atoms with Gasteiger partial charge in [-0.05, 0) is 102 Å². The quantitative estimate of drug-likeness (QED) is 0.393. The van der Waals surface area contributed by atoms with E-state index in [1.54, 1.807) is 11.3 Å². The highest BCUT2D eigenvalue weighted by molar-refractivity contribution is 7.16. The number of benzene rings is 1. The predicted octanol–water partition coefficient (Wildman–Crippen LogP) is 6.01. The first-order valence-corrected chi connectivity index (χ1v) is 17.9. The minimum Gasteiger partial charge on any atom is -0.378 e. The summed E-state index contributed by atoms with van der Waals surface area (Å²) in [6.07, 6.45) is 7.51. The molecule has 8 heteroatoms. The molecule has 0 spiro atoms. The highest BCUT2D eigenvalue weighted by Gasteiger charge is 2.48. The molecule has 0 saturated carbocycles. The van der Waals surface area contributed by atoms with Gasteiger partial charge in [-0.15, -0.1) is 11.3 Å². The number of carbonyl (C=O) groups excluding carboxylic acids is 2. The zero-order chi connectivity index (χ0) is 30.6. The molecule has 2 aromatic rings. The van der Waals surface area contributed by atoms with Crippen molar-refractivity contribution in [1.82, 2.24) is 14.7 Å². The first-order valence-electron chi connectivity index (χ1n) is 17.1. The van der Waals surface area contributed by atoms with Gasteiger partial charge in [0.15, 0.2) is 0 Å². The van der Waals surface area contributed by atoms with Crippen LogP contribution >= 0.6 is 11.3 Å². The maximum atomic E-state index is 14.0. The number of ether oxygens (including phenoxy) is 1. The average molecular weight is 619 g/mol. The molecule has 1 N–H and O–H groups in total. The number of carbonyl (C=O) groups is 2. The van der Waals surface area contributed by atoms with E-state index < -0.39 is 5.41 Å². The number of hydrogen-bond donors (Lipinski definition) is 1. The van der Waals surface area contributed by atoms with E-state index in [2.05, 4.69) is 67.1 Å². The van der Waals surface area contributed by atoms with E-state index >= 15 is 0 Å². The molecule has 4 saturated heterocycles. The standard InChI is InChI=1S/C36H50N4O3S/c1-23-17-24(2)19-26(18-23)33-29(10-12-38-11-9-25(22-38)20-32(41)39-13-15-43-16-14-39)30-21-31(44-34(30)37-33)36(3,4)35(42)40-27-5-6-28(40)8-7-27/h17-19,21,25,27-29,33,37H,5-16,20,22H2,1-4H3. The van der Waals surface area contributed by atoms with E-state index in [4.69, 9.17) is 4.74 Å². The lowest BCUT2D eigenvalue weighted by Gasteiger charge is -2.32. The van der Waals surface area contributed by atoms with Crippen LogP contribution in [0.25, 0.3) is 0 Å². The molecule has 6 heterocycles. The summed E-state index contributed by atoms with van der Waals surface area (Å²) >= 11 is 1.81. The van der Waals surface area contributed by atoms with Gasteiger partial charge in [0.25, 0.3) is 0 Å². The van der Waals surface area contributed by atoms with Crippen LogP contribution in [0, 0.1) is 19.8 Å². The van der Waals surface area contributed by atoms with Gasteiger partial charge in [-0.3, -0.25) is 9.59 Å². The Morgan fingerprint density at radius 2 is 1.64 bits per heavy atom. The Balaban J connectivity index is 1.07. The minimum absolute atomic E-state index is 0.235. The van der Waals surface area contributed by atoms with Crippen LogP contribution in [0.4, 0.5) is 5.00 Å². The molecule has 5 aliphatic heterocycles. The molecule has 238 valence electrons. The number of nitrogens with one attached hydrogen (secondary N) is 1. The normalized spacial score (nSPS) is 28.5. The molecule has 0 radical (unpaired) electrons. The van der Waals surface area contributed by atoms with Gasteiger partial charge in [-0.2, -0.15) is 0 Å². The molecular weight excluding hydrogens is 568 g/mol. The average Bonchev–Trinajstić information content (AvgIpc) is 3.83. The van der Waals surface area contributed by atoms with E-state index in [0.717, 1.165) is 45.6 Å². The van der Waals surface area contributed by atoms with Crippen molar-refractivity contribution in [2.45, 2.75) is 102 Å². The van der Waals surface area contributed by atoms with E-state index in [9.17, 15) is 9.59 Å². The van der Waals surface area contributed by atoms with Gasteiger partial charge in [-0.25, -0.2) is 0 Å². The Hall–Kier alpha value is -2.42. The molecular formula is C36H50N4O3S. The van der Waals surface area contributed by atoms with Crippen LogP contribution in [0.2, 0.25) is 0 Å². The van der Waals surface area contributed by atoms with Crippen molar-refractivity contribution < 1.29 is 14.3 Å². The van der Waals surface area contributed by atoms with E-state index in [1.165, 1.54) is 57.8 Å². The maximum Gasteiger partial charge on any atom is 0.233 e. The number of nitrogens with zero attached hydrogens (tertiary/aromatic N) is 3. The molecule has 5 aliphatic rings. The molecule has 3 unspecified atom stereocenters. The number of aryl methyl sites for hydroxylation is 2. The monoisotopic (exact) mass is 618 g/mol. The summed E-state index contributed by atoms with van der Waals surface area (Å²) in [5, 5.41) is 5.19. The van der Waals surface area contributed by atoms with Crippen molar-refractivity contribution in [3.63, 3.8) is 0 Å². The minimum atomic E-state index is -0.517. The Kier molecular flexibility index (Phi) is 8.30. The highest BCUT2D eigenvalue weighted by atomic mass is 32.1. The molecule has 0 aliphatic carbocycles. The van der Waals surface area contributed by atoms with Gasteiger partial charge in [0.2, 0.25) is 11.8 Å². The third-order valence-corrected chi connectivity index (χ3v) is 12.6. The molecule has 44 heavy (non-hydrogen) atoms. The van der Waals surface area contributed by atoms with Crippen LogP contribution in [0.3, 0.4) is 0 Å².